The van der Waals surface area contributed by atoms with Crippen molar-refractivity contribution in [3.05, 3.63) is 23.2 Å². The lowest BCUT2D eigenvalue weighted by molar-refractivity contribution is 0.758. The van der Waals surface area contributed by atoms with Crippen molar-refractivity contribution in [2.24, 2.45) is 0 Å². The fourth-order valence-electron chi connectivity index (χ4n) is 1.67. The maximum absolute atomic E-state index is 5.24. The molecule has 2 N–H and O–H groups in total. The average Bonchev–Trinajstić information content (AvgIpc) is 2.69. The molecule has 0 atom stereocenters. The van der Waals surface area contributed by atoms with Gasteiger partial charge in [0.05, 0.1) is 15.2 Å². The van der Waals surface area contributed by atoms with Crippen LogP contribution in [-0.4, -0.2) is 16.6 Å². The highest BCUT2D eigenvalue weighted by Gasteiger charge is 2.02. The molecule has 2 aromatic rings. The predicted molar refractivity (Wildman–Crippen MR) is 83.5 cm³/mol. The Kier molecular flexibility index (Phi) is 4.49. The summed E-state index contributed by atoms with van der Waals surface area (Å²) in [5, 5.41) is 8.17. The molecule has 0 aliphatic heterocycles. The van der Waals surface area contributed by atoms with E-state index in [9.17, 15) is 0 Å². The van der Waals surface area contributed by atoms with E-state index < -0.39 is 0 Å². The number of benzene rings is 1. The number of aryl methyl sites for hydroxylation is 1. The number of fused-ring (bicyclic) bond motifs is 1. The lowest BCUT2D eigenvalue weighted by Crippen LogP contribution is -2.29. The molecule has 0 radical (unpaired) electrons. The van der Waals surface area contributed by atoms with Crippen LogP contribution in [0.15, 0.2) is 18.2 Å². The fraction of sp³-hybridized carbons (Fsp3) is 0.385. The van der Waals surface area contributed by atoms with Gasteiger partial charge in [-0.05, 0) is 43.8 Å². The molecule has 2 rings (SSSR count). The summed E-state index contributed by atoms with van der Waals surface area (Å²) in [7, 11) is 0. The molecule has 0 amide bonds. The molecule has 96 valence electrons. The zero-order valence-electron chi connectivity index (χ0n) is 10.6. The third kappa shape index (κ3) is 3.40. The van der Waals surface area contributed by atoms with Gasteiger partial charge in [0.25, 0.3) is 0 Å². The van der Waals surface area contributed by atoms with Gasteiger partial charge in [-0.25, -0.2) is 4.98 Å². The topological polar surface area (TPSA) is 37.0 Å². The average molecular weight is 279 g/mol. The highest BCUT2D eigenvalue weighted by atomic mass is 32.1. The maximum atomic E-state index is 5.24. The Labute approximate surface area is 117 Å². The van der Waals surface area contributed by atoms with Crippen molar-refractivity contribution in [1.29, 1.82) is 0 Å². The van der Waals surface area contributed by atoms with E-state index >= 15 is 0 Å². The second-order valence-corrected chi connectivity index (χ2v) is 5.79. The minimum Gasteiger partial charge on any atom is -0.362 e. The number of anilines is 1. The molecule has 0 saturated heterocycles. The molecule has 1 aromatic heterocycles. The first-order valence-electron chi connectivity index (χ1n) is 6.11. The molecule has 0 aliphatic rings. The predicted octanol–water partition coefficient (Wildman–Crippen LogP) is 3.69. The SMILES string of the molecule is CCCCNC(=S)Nc1ccc2nc(C)sc2c1. The molecular formula is C13H17N3S2. The number of rotatable bonds is 4. The van der Waals surface area contributed by atoms with Crippen LogP contribution in [0.25, 0.3) is 10.2 Å². The molecule has 0 unspecified atom stereocenters. The summed E-state index contributed by atoms with van der Waals surface area (Å²) in [5.41, 5.74) is 2.06. The van der Waals surface area contributed by atoms with Gasteiger partial charge in [0.1, 0.15) is 0 Å². The van der Waals surface area contributed by atoms with Gasteiger partial charge < -0.3 is 10.6 Å². The summed E-state index contributed by atoms with van der Waals surface area (Å²) in [6.45, 7) is 5.11. The quantitative estimate of drug-likeness (QED) is 0.661. The number of unbranched alkanes of at least 4 members (excludes halogenated alkanes) is 1. The summed E-state index contributed by atoms with van der Waals surface area (Å²) in [6, 6.07) is 6.12. The molecule has 1 heterocycles. The Balaban J connectivity index is 2.00. The maximum Gasteiger partial charge on any atom is 0.170 e. The summed E-state index contributed by atoms with van der Waals surface area (Å²) < 4.78 is 1.19. The molecule has 5 heteroatoms. The third-order valence-electron chi connectivity index (χ3n) is 2.57. The lowest BCUT2D eigenvalue weighted by Gasteiger charge is -2.09. The van der Waals surface area contributed by atoms with E-state index in [0.29, 0.717) is 5.11 Å². The van der Waals surface area contributed by atoms with E-state index in [0.717, 1.165) is 29.2 Å². The summed E-state index contributed by atoms with van der Waals surface area (Å²) in [6.07, 6.45) is 2.30. The lowest BCUT2D eigenvalue weighted by atomic mass is 10.3. The Morgan fingerprint density at radius 3 is 3.06 bits per heavy atom. The van der Waals surface area contributed by atoms with Gasteiger partial charge in [0.15, 0.2) is 5.11 Å². The van der Waals surface area contributed by atoms with Crippen LogP contribution >= 0.6 is 23.6 Å². The van der Waals surface area contributed by atoms with Crippen molar-refractivity contribution >= 4 is 44.6 Å². The van der Waals surface area contributed by atoms with E-state index in [1.165, 1.54) is 11.1 Å². The molecule has 0 fully saturated rings. The molecule has 0 spiro atoms. The van der Waals surface area contributed by atoms with Gasteiger partial charge in [-0.3, -0.25) is 0 Å². The Bertz CT molecular complexity index is 548. The highest BCUT2D eigenvalue weighted by Crippen LogP contribution is 2.24. The van der Waals surface area contributed by atoms with Gasteiger partial charge in [0, 0.05) is 12.2 Å². The normalized spacial score (nSPS) is 10.6. The Morgan fingerprint density at radius 2 is 2.28 bits per heavy atom. The van der Waals surface area contributed by atoms with Gasteiger partial charge in [0.2, 0.25) is 0 Å². The molecule has 0 aliphatic carbocycles. The molecule has 0 bridgehead atoms. The molecule has 18 heavy (non-hydrogen) atoms. The van der Waals surface area contributed by atoms with E-state index in [1.807, 2.05) is 19.1 Å². The van der Waals surface area contributed by atoms with Crippen molar-refractivity contribution < 1.29 is 0 Å². The van der Waals surface area contributed by atoms with Gasteiger partial charge in [-0.1, -0.05) is 13.3 Å². The number of hydrogen-bond donors (Lipinski definition) is 2. The second kappa shape index (κ2) is 6.11. The van der Waals surface area contributed by atoms with Crippen molar-refractivity contribution in [2.75, 3.05) is 11.9 Å². The van der Waals surface area contributed by atoms with Crippen LogP contribution in [0.3, 0.4) is 0 Å². The monoisotopic (exact) mass is 279 g/mol. The highest BCUT2D eigenvalue weighted by molar-refractivity contribution is 7.80. The van der Waals surface area contributed by atoms with Crippen LogP contribution < -0.4 is 10.6 Å². The van der Waals surface area contributed by atoms with Crippen LogP contribution in [0.1, 0.15) is 24.8 Å². The van der Waals surface area contributed by atoms with Gasteiger partial charge in [-0.2, -0.15) is 0 Å². The van der Waals surface area contributed by atoms with Crippen molar-refractivity contribution in [1.82, 2.24) is 10.3 Å². The number of aromatic nitrogens is 1. The number of thiocarbonyl (C=S) groups is 1. The minimum atomic E-state index is 0.684. The largest absolute Gasteiger partial charge is 0.362 e. The molecule has 0 saturated carbocycles. The summed E-state index contributed by atoms with van der Waals surface area (Å²) in [4.78, 5) is 4.44. The fourth-order valence-corrected chi connectivity index (χ4v) is 2.76. The first-order valence-corrected chi connectivity index (χ1v) is 7.33. The Morgan fingerprint density at radius 1 is 1.44 bits per heavy atom. The minimum absolute atomic E-state index is 0.684. The van der Waals surface area contributed by atoms with E-state index in [4.69, 9.17) is 12.2 Å². The van der Waals surface area contributed by atoms with Crippen molar-refractivity contribution in [3.63, 3.8) is 0 Å². The van der Waals surface area contributed by atoms with E-state index in [-0.39, 0.29) is 0 Å². The van der Waals surface area contributed by atoms with Crippen LogP contribution in [0.2, 0.25) is 0 Å². The zero-order chi connectivity index (χ0) is 13.0. The number of nitrogens with one attached hydrogen (secondary N) is 2. The zero-order valence-corrected chi connectivity index (χ0v) is 12.3. The molecule has 1 aromatic carbocycles. The molecule has 3 nitrogen and oxygen atoms in total. The van der Waals surface area contributed by atoms with Crippen molar-refractivity contribution in [3.8, 4) is 0 Å². The second-order valence-electron chi connectivity index (χ2n) is 4.15. The third-order valence-corrected chi connectivity index (χ3v) is 3.75. The first-order chi connectivity index (χ1) is 8.69. The van der Waals surface area contributed by atoms with Gasteiger partial charge in [-0.15, -0.1) is 11.3 Å². The van der Waals surface area contributed by atoms with E-state index in [1.54, 1.807) is 11.3 Å². The Hall–Kier alpha value is -1.20. The number of thiazole rings is 1. The van der Waals surface area contributed by atoms with Crippen LogP contribution in [0, 0.1) is 6.92 Å². The van der Waals surface area contributed by atoms with Crippen LogP contribution in [0.4, 0.5) is 5.69 Å². The smallest absolute Gasteiger partial charge is 0.170 e. The first kappa shape index (κ1) is 13.2. The number of hydrogen-bond acceptors (Lipinski definition) is 3. The van der Waals surface area contributed by atoms with Crippen LogP contribution in [-0.2, 0) is 0 Å². The molecular weight excluding hydrogens is 262 g/mol. The van der Waals surface area contributed by atoms with Crippen LogP contribution in [0.5, 0.6) is 0 Å². The standard InChI is InChI=1S/C13H17N3S2/c1-3-4-7-14-13(17)16-10-5-6-11-12(8-10)18-9(2)15-11/h5-6,8H,3-4,7H2,1-2H3,(H2,14,16,17). The van der Waals surface area contributed by atoms with Crippen molar-refractivity contribution in [2.45, 2.75) is 26.7 Å². The van der Waals surface area contributed by atoms with Gasteiger partial charge >= 0.3 is 0 Å². The summed E-state index contributed by atoms with van der Waals surface area (Å²) >= 11 is 6.94. The number of nitrogens with zero attached hydrogens (tertiary/aromatic N) is 1. The summed E-state index contributed by atoms with van der Waals surface area (Å²) in [5.74, 6) is 0. The van der Waals surface area contributed by atoms with E-state index in [2.05, 4.69) is 28.6 Å².